The van der Waals surface area contributed by atoms with Crippen molar-refractivity contribution in [3.63, 3.8) is 0 Å². The zero-order chi connectivity index (χ0) is 18.0. The summed E-state index contributed by atoms with van der Waals surface area (Å²) in [6, 6.07) is 14.6. The van der Waals surface area contributed by atoms with Crippen molar-refractivity contribution in [2.24, 2.45) is 0 Å². The SMILES string of the molecule is CN(CCc1ccncc1)c1nncc(NCCCc2ccccc2)n1. The fourth-order valence-electron chi connectivity index (χ4n) is 2.64. The van der Waals surface area contributed by atoms with Crippen molar-refractivity contribution in [1.29, 1.82) is 0 Å². The molecule has 0 radical (unpaired) electrons. The van der Waals surface area contributed by atoms with Crippen LogP contribution in [0.5, 0.6) is 0 Å². The second-order valence-corrected chi connectivity index (χ2v) is 6.18. The van der Waals surface area contributed by atoms with Gasteiger partial charge >= 0.3 is 0 Å². The van der Waals surface area contributed by atoms with Gasteiger partial charge in [-0.3, -0.25) is 4.98 Å². The third kappa shape index (κ3) is 5.51. The Morgan fingerprint density at radius 1 is 0.962 bits per heavy atom. The highest BCUT2D eigenvalue weighted by Crippen LogP contribution is 2.09. The highest BCUT2D eigenvalue weighted by molar-refractivity contribution is 5.38. The van der Waals surface area contributed by atoms with E-state index in [0.717, 1.165) is 38.2 Å². The zero-order valence-electron chi connectivity index (χ0n) is 15.0. The smallest absolute Gasteiger partial charge is 0.247 e. The van der Waals surface area contributed by atoms with Crippen molar-refractivity contribution in [1.82, 2.24) is 20.2 Å². The minimum absolute atomic E-state index is 0.632. The van der Waals surface area contributed by atoms with Gasteiger partial charge in [0, 0.05) is 32.5 Å². The van der Waals surface area contributed by atoms with E-state index in [1.165, 1.54) is 11.1 Å². The Balaban J connectivity index is 1.46. The maximum Gasteiger partial charge on any atom is 0.247 e. The largest absolute Gasteiger partial charge is 0.369 e. The van der Waals surface area contributed by atoms with Gasteiger partial charge in [-0.2, -0.15) is 10.1 Å². The van der Waals surface area contributed by atoms with Gasteiger partial charge in [0.1, 0.15) is 0 Å². The van der Waals surface area contributed by atoms with E-state index < -0.39 is 0 Å². The van der Waals surface area contributed by atoms with Crippen molar-refractivity contribution in [2.75, 3.05) is 30.4 Å². The first-order valence-electron chi connectivity index (χ1n) is 8.89. The fraction of sp³-hybridized carbons (Fsp3) is 0.300. The molecule has 134 valence electrons. The average Bonchev–Trinajstić information content (AvgIpc) is 2.71. The van der Waals surface area contributed by atoms with E-state index in [9.17, 15) is 0 Å². The molecule has 0 saturated heterocycles. The summed E-state index contributed by atoms with van der Waals surface area (Å²) in [6.07, 6.45) is 8.30. The number of aromatic nitrogens is 4. The molecule has 26 heavy (non-hydrogen) atoms. The molecule has 6 heteroatoms. The number of benzene rings is 1. The van der Waals surface area contributed by atoms with E-state index in [-0.39, 0.29) is 0 Å². The molecule has 0 aliphatic heterocycles. The van der Waals surface area contributed by atoms with Gasteiger partial charge in [0.05, 0.1) is 6.20 Å². The molecule has 0 atom stereocenters. The quantitative estimate of drug-likeness (QED) is 0.600. The van der Waals surface area contributed by atoms with E-state index in [0.29, 0.717) is 5.95 Å². The summed E-state index contributed by atoms with van der Waals surface area (Å²) >= 11 is 0. The van der Waals surface area contributed by atoms with E-state index in [2.05, 4.69) is 49.7 Å². The molecule has 2 heterocycles. The van der Waals surface area contributed by atoms with Gasteiger partial charge < -0.3 is 10.2 Å². The van der Waals surface area contributed by atoms with Gasteiger partial charge in [-0.1, -0.05) is 30.3 Å². The Morgan fingerprint density at radius 2 is 1.73 bits per heavy atom. The molecule has 1 aromatic carbocycles. The van der Waals surface area contributed by atoms with E-state index >= 15 is 0 Å². The maximum absolute atomic E-state index is 4.56. The average molecular weight is 348 g/mol. The molecule has 1 N–H and O–H groups in total. The van der Waals surface area contributed by atoms with E-state index in [4.69, 9.17) is 0 Å². The monoisotopic (exact) mass is 348 g/mol. The highest BCUT2D eigenvalue weighted by Gasteiger charge is 2.06. The summed E-state index contributed by atoms with van der Waals surface area (Å²) in [5.41, 5.74) is 2.60. The molecular formula is C20H24N6. The lowest BCUT2D eigenvalue weighted by molar-refractivity contribution is 0.805. The number of anilines is 2. The van der Waals surface area contributed by atoms with Crippen molar-refractivity contribution in [3.8, 4) is 0 Å². The molecule has 0 aliphatic rings. The Morgan fingerprint density at radius 3 is 2.54 bits per heavy atom. The molecule has 0 bridgehead atoms. The van der Waals surface area contributed by atoms with Gasteiger partial charge in [-0.15, -0.1) is 5.10 Å². The van der Waals surface area contributed by atoms with Crippen LogP contribution in [-0.4, -0.2) is 40.3 Å². The van der Waals surface area contributed by atoms with Crippen molar-refractivity contribution < 1.29 is 0 Å². The molecule has 0 spiro atoms. The van der Waals surface area contributed by atoms with Crippen molar-refractivity contribution in [2.45, 2.75) is 19.3 Å². The van der Waals surface area contributed by atoms with Crippen LogP contribution in [0.1, 0.15) is 17.5 Å². The lowest BCUT2D eigenvalue weighted by atomic mass is 10.1. The summed E-state index contributed by atoms with van der Waals surface area (Å²) in [7, 11) is 1.98. The number of hydrogen-bond acceptors (Lipinski definition) is 6. The first-order valence-corrected chi connectivity index (χ1v) is 8.89. The molecule has 2 aromatic heterocycles. The number of rotatable bonds is 9. The van der Waals surface area contributed by atoms with Crippen LogP contribution in [0.15, 0.2) is 61.1 Å². The van der Waals surface area contributed by atoms with Crippen LogP contribution in [0.25, 0.3) is 0 Å². The summed E-state index contributed by atoms with van der Waals surface area (Å²) in [5, 5.41) is 11.5. The van der Waals surface area contributed by atoms with E-state index in [1.54, 1.807) is 6.20 Å². The second kappa shape index (κ2) is 9.46. The van der Waals surface area contributed by atoms with Crippen LogP contribution >= 0.6 is 0 Å². The molecule has 6 nitrogen and oxygen atoms in total. The van der Waals surface area contributed by atoms with Gasteiger partial charge in [0.25, 0.3) is 0 Å². The van der Waals surface area contributed by atoms with Crippen molar-refractivity contribution >= 4 is 11.8 Å². The Kier molecular flexibility index (Phi) is 6.47. The summed E-state index contributed by atoms with van der Waals surface area (Å²) in [4.78, 5) is 10.6. The molecule has 0 saturated carbocycles. The zero-order valence-corrected chi connectivity index (χ0v) is 15.0. The normalized spacial score (nSPS) is 10.5. The van der Waals surface area contributed by atoms with Crippen LogP contribution in [0.2, 0.25) is 0 Å². The third-order valence-electron chi connectivity index (χ3n) is 4.17. The number of hydrogen-bond donors (Lipinski definition) is 1. The van der Waals surface area contributed by atoms with Crippen LogP contribution in [-0.2, 0) is 12.8 Å². The first-order chi connectivity index (χ1) is 12.8. The Labute approximate surface area is 154 Å². The number of nitrogens with one attached hydrogen (secondary N) is 1. The Hall–Kier alpha value is -3.02. The molecule has 3 aromatic rings. The minimum atomic E-state index is 0.632. The number of pyridine rings is 1. The molecular weight excluding hydrogens is 324 g/mol. The number of aryl methyl sites for hydroxylation is 1. The van der Waals surface area contributed by atoms with Crippen LogP contribution in [0, 0.1) is 0 Å². The number of likely N-dealkylation sites (N-methyl/N-ethyl adjacent to an activating group) is 1. The highest BCUT2D eigenvalue weighted by atomic mass is 15.3. The van der Waals surface area contributed by atoms with E-state index in [1.807, 2.05) is 42.5 Å². The van der Waals surface area contributed by atoms with Crippen molar-refractivity contribution in [3.05, 3.63) is 72.2 Å². The Bertz CT molecular complexity index is 779. The van der Waals surface area contributed by atoms with Crippen LogP contribution in [0.3, 0.4) is 0 Å². The summed E-state index contributed by atoms with van der Waals surface area (Å²) in [6.45, 7) is 1.68. The first kappa shape index (κ1) is 17.8. The molecule has 0 aliphatic carbocycles. The third-order valence-corrected chi connectivity index (χ3v) is 4.17. The predicted molar refractivity (Wildman–Crippen MR) is 104 cm³/mol. The van der Waals surface area contributed by atoms with Crippen LogP contribution < -0.4 is 10.2 Å². The summed E-state index contributed by atoms with van der Waals surface area (Å²) < 4.78 is 0. The predicted octanol–water partition coefficient (Wildman–Crippen LogP) is 2.99. The van der Waals surface area contributed by atoms with Gasteiger partial charge in [-0.25, -0.2) is 0 Å². The molecule has 0 unspecified atom stereocenters. The van der Waals surface area contributed by atoms with Gasteiger partial charge in [0.2, 0.25) is 5.95 Å². The lowest BCUT2D eigenvalue weighted by Crippen LogP contribution is -2.23. The standard InChI is InChI=1S/C20H24N6/c1-26(15-11-18-9-13-21-14-10-18)20-24-19(16-23-25-20)22-12-5-8-17-6-3-2-4-7-17/h2-4,6-7,9-10,13-14,16H,5,8,11-12,15H2,1H3,(H,22,24,25). The minimum Gasteiger partial charge on any atom is -0.369 e. The van der Waals surface area contributed by atoms with Crippen LogP contribution in [0.4, 0.5) is 11.8 Å². The van der Waals surface area contributed by atoms with Gasteiger partial charge in [0.15, 0.2) is 5.82 Å². The van der Waals surface area contributed by atoms with Gasteiger partial charge in [-0.05, 0) is 42.5 Å². The number of nitrogens with zero attached hydrogens (tertiary/aromatic N) is 5. The molecule has 0 amide bonds. The maximum atomic E-state index is 4.56. The molecule has 3 rings (SSSR count). The second-order valence-electron chi connectivity index (χ2n) is 6.18. The molecule has 0 fully saturated rings. The summed E-state index contributed by atoms with van der Waals surface area (Å²) in [5.74, 6) is 1.39. The lowest BCUT2D eigenvalue weighted by Gasteiger charge is -2.17. The topological polar surface area (TPSA) is 66.8 Å². The fourth-order valence-corrected chi connectivity index (χ4v) is 2.64.